The van der Waals surface area contributed by atoms with Crippen molar-refractivity contribution in [3.05, 3.63) is 17.7 Å². The molecule has 4 heteroatoms. The van der Waals surface area contributed by atoms with Crippen molar-refractivity contribution in [3.8, 4) is 11.5 Å². The summed E-state index contributed by atoms with van der Waals surface area (Å²) in [5.74, 6) is 0.773. The second kappa shape index (κ2) is 4.19. The first-order chi connectivity index (χ1) is 6.54. The Morgan fingerprint density at radius 1 is 1.43 bits per heavy atom. The van der Waals surface area contributed by atoms with Crippen LogP contribution in [0.3, 0.4) is 0 Å². The van der Waals surface area contributed by atoms with E-state index < -0.39 is 6.23 Å². The Hall–Kier alpha value is -1.42. The molecular formula is C10H15NO3. The van der Waals surface area contributed by atoms with E-state index >= 15 is 0 Å². The van der Waals surface area contributed by atoms with E-state index in [4.69, 9.17) is 9.84 Å². The SMILES string of the molecule is COc1cc(C)c(O)cc1NC(C)O. The number of phenols is 1. The molecule has 0 aliphatic heterocycles. The molecule has 3 N–H and O–H groups in total. The van der Waals surface area contributed by atoms with Crippen LogP contribution in [0, 0.1) is 6.92 Å². The van der Waals surface area contributed by atoms with Crippen molar-refractivity contribution in [2.45, 2.75) is 20.1 Å². The van der Waals surface area contributed by atoms with E-state index in [1.54, 1.807) is 27.0 Å². The number of aromatic hydroxyl groups is 1. The van der Waals surface area contributed by atoms with Crippen molar-refractivity contribution >= 4 is 5.69 Å². The number of rotatable bonds is 3. The van der Waals surface area contributed by atoms with Crippen LogP contribution < -0.4 is 10.1 Å². The predicted octanol–water partition coefficient (Wildman–Crippen LogP) is 1.46. The van der Waals surface area contributed by atoms with Gasteiger partial charge in [-0.15, -0.1) is 0 Å². The Morgan fingerprint density at radius 2 is 2.07 bits per heavy atom. The van der Waals surface area contributed by atoms with Gasteiger partial charge >= 0.3 is 0 Å². The number of benzene rings is 1. The first-order valence-electron chi connectivity index (χ1n) is 4.36. The van der Waals surface area contributed by atoms with Crippen molar-refractivity contribution < 1.29 is 14.9 Å². The first kappa shape index (κ1) is 10.7. The van der Waals surface area contributed by atoms with Gasteiger partial charge in [0.1, 0.15) is 17.7 Å². The van der Waals surface area contributed by atoms with E-state index in [2.05, 4.69) is 5.32 Å². The molecule has 0 fully saturated rings. The summed E-state index contributed by atoms with van der Waals surface area (Å²) >= 11 is 0. The number of ether oxygens (including phenoxy) is 1. The molecular weight excluding hydrogens is 182 g/mol. The van der Waals surface area contributed by atoms with Gasteiger partial charge in [-0.05, 0) is 25.5 Å². The molecule has 1 unspecified atom stereocenters. The molecule has 0 aromatic heterocycles. The van der Waals surface area contributed by atoms with Crippen molar-refractivity contribution in [1.29, 1.82) is 0 Å². The summed E-state index contributed by atoms with van der Waals surface area (Å²) in [5, 5.41) is 21.4. The summed E-state index contributed by atoms with van der Waals surface area (Å²) < 4.78 is 5.10. The number of methoxy groups -OCH3 is 1. The largest absolute Gasteiger partial charge is 0.508 e. The second-order valence-electron chi connectivity index (χ2n) is 3.16. The van der Waals surface area contributed by atoms with Gasteiger partial charge in [-0.3, -0.25) is 0 Å². The van der Waals surface area contributed by atoms with E-state index in [1.165, 1.54) is 6.07 Å². The zero-order valence-corrected chi connectivity index (χ0v) is 8.53. The summed E-state index contributed by atoms with van der Waals surface area (Å²) in [7, 11) is 1.54. The van der Waals surface area contributed by atoms with E-state index in [-0.39, 0.29) is 5.75 Å². The van der Waals surface area contributed by atoms with Crippen LogP contribution in [0.4, 0.5) is 5.69 Å². The van der Waals surface area contributed by atoms with Crippen molar-refractivity contribution in [2.24, 2.45) is 0 Å². The van der Waals surface area contributed by atoms with Gasteiger partial charge in [0.05, 0.1) is 12.8 Å². The highest BCUT2D eigenvalue weighted by atomic mass is 16.5. The van der Waals surface area contributed by atoms with Crippen LogP contribution in [-0.2, 0) is 0 Å². The Labute approximate surface area is 83.1 Å². The average molecular weight is 197 g/mol. The Bertz CT molecular complexity index is 323. The molecule has 0 radical (unpaired) electrons. The van der Waals surface area contributed by atoms with E-state index in [0.29, 0.717) is 11.4 Å². The van der Waals surface area contributed by atoms with Crippen LogP contribution >= 0.6 is 0 Å². The molecule has 4 nitrogen and oxygen atoms in total. The van der Waals surface area contributed by atoms with Crippen LogP contribution in [0.5, 0.6) is 11.5 Å². The molecule has 1 aromatic rings. The van der Waals surface area contributed by atoms with E-state index in [0.717, 1.165) is 5.56 Å². The minimum absolute atomic E-state index is 0.175. The smallest absolute Gasteiger partial charge is 0.142 e. The highest BCUT2D eigenvalue weighted by Gasteiger charge is 2.08. The van der Waals surface area contributed by atoms with Gasteiger partial charge < -0.3 is 20.3 Å². The normalized spacial score (nSPS) is 12.3. The third-order valence-electron chi connectivity index (χ3n) is 1.88. The Morgan fingerprint density at radius 3 is 2.57 bits per heavy atom. The molecule has 1 rings (SSSR count). The summed E-state index contributed by atoms with van der Waals surface area (Å²) in [6.07, 6.45) is -0.689. The molecule has 0 bridgehead atoms. The summed E-state index contributed by atoms with van der Waals surface area (Å²) in [6, 6.07) is 3.24. The minimum Gasteiger partial charge on any atom is -0.508 e. The third kappa shape index (κ3) is 2.29. The standard InChI is InChI=1S/C10H15NO3/c1-6-4-10(14-3)8(5-9(6)13)11-7(2)12/h4-5,7,11-13H,1-3H3. The zero-order chi connectivity index (χ0) is 10.7. The van der Waals surface area contributed by atoms with Crippen LogP contribution in [0.15, 0.2) is 12.1 Å². The van der Waals surface area contributed by atoms with Crippen molar-refractivity contribution in [2.75, 3.05) is 12.4 Å². The molecule has 0 spiro atoms. The maximum atomic E-state index is 9.46. The predicted molar refractivity (Wildman–Crippen MR) is 54.7 cm³/mol. The number of hydrogen-bond acceptors (Lipinski definition) is 4. The molecule has 1 atom stereocenters. The molecule has 0 saturated carbocycles. The number of aliphatic hydroxyl groups is 1. The number of aryl methyl sites for hydroxylation is 1. The summed E-state index contributed by atoms with van der Waals surface area (Å²) in [4.78, 5) is 0. The molecule has 0 aliphatic rings. The highest BCUT2D eigenvalue weighted by Crippen LogP contribution is 2.31. The molecule has 0 heterocycles. The second-order valence-corrected chi connectivity index (χ2v) is 3.16. The fourth-order valence-corrected chi connectivity index (χ4v) is 1.18. The summed E-state index contributed by atoms with van der Waals surface area (Å²) in [6.45, 7) is 3.38. The van der Waals surface area contributed by atoms with E-state index in [1.807, 2.05) is 0 Å². The molecule has 0 aliphatic carbocycles. The number of phenolic OH excluding ortho intramolecular Hbond substituents is 1. The highest BCUT2D eigenvalue weighted by molar-refractivity contribution is 5.62. The average Bonchev–Trinajstić information content (AvgIpc) is 2.10. The molecule has 0 amide bonds. The van der Waals surface area contributed by atoms with Crippen LogP contribution in [0.1, 0.15) is 12.5 Å². The monoisotopic (exact) mass is 197 g/mol. The molecule has 14 heavy (non-hydrogen) atoms. The lowest BCUT2D eigenvalue weighted by molar-refractivity contribution is 0.223. The maximum absolute atomic E-state index is 9.46. The molecule has 78 valence electrons. The molecule has 0 saturated heterocycles. The topological polar surface area (TPSA) is 61.7 Å². The number of anilines is 1. The van der Waals surface area contributed by atoms with Gasteiger partial charge in [0.25, 0.3) is 0 Å². The Balaban J connectivity index is 3.07. The van der Waals surface area contributed by atoms with Crippen LogP contribution in [0.25, 0.3) is 0 Å². The molecule has 1 aromatic carbocycles. The number of aliphatic hydroxyl groups excluding tert-OH is 1. The van der Waals surface area contributed by atoms with Crippen molar-refractivity contribution in [1.82, 2.24) is 0 Å². The Kier molecular flexibility index (Phi) is 3.19. The third-order valence-corrected chi connectivity index (χ3v) is 1.88. The lowest BCUT2D eigenvalue weighted by Gasteiger charge is -2.14. The van der Waals surface area contributed by atoms with Gasteiger partial charge in [0.15, 0.2) is 0 Å². The number of hydrogen-bond donors (Lipinski definition) is 3. The van der Waals surface area contributed by atoms with Gasteiger partial charge in [-0.2, -0.15) is 0 Å². The minimum atomic E-state index is -0.689. The quantitative estimate of drug-likeness (QED) is 0.642. The van der Waals surface area contributed by atoms with Gasteiger partial charge in [0, 0.05) is 6.07 Å². The number of nitrogens with one attached hydrogen (secondary N) is 1. The van der Waals surface area contributed by atoms with Crippen molar-refractivity contribution in [3.63, 3.8) is 0 Å². The lowest BCUT2D eigenvalue weighted by Crippen LogP contribution is -2.14. The summed E-state index contributed by atoms with van der Waals surface area (Å²) in [5.41, 5.74) is 1.31. The fraction of sp³-hybridized carbons (Fsp3) is 0.400. The van der Waals surface area contributed by atoms with Gasteiger partial charge in [0.2, 0.25) is 0 Å². The van der Waals surface area contributed by atoms with Crippen LogP contribution in [0.2, 0.25) is 0 Å². The van der Waals surface area contributed by atoms with E-state index in [9.17, 15) is 5.11 Å². The van der Waals surface area contributed by atoms with Gasteiger partial charge in [-0.1, -0.05) is 0 Å². The fourth-order valence-electron chi connectivity index (χ4n) is 1.18. The first-order valence-corrected chi connectivity index (χ1v) is 4.36. The maximum Gasteiger partial charge on any atom is 0.142 e. The van der Waals surface area contributed by atoms with Gasteiger partial charge in [-0.25, -0.2) is 0 Å². The lowest BCUT2D eigenvalue weighted by atomic mass is 10.2. The van der Waals surface area contributed by atoms with Crippen LogP contribution in [-0.4, -0.2) is 23.6 Å². The zero-order valence-electron chi connectivity index (χ0n) is 8.53.